The van der Waals surface area contributed by atoms with Crippen molar-refractivity contribution >= 4 is 5.91 Å². The summed E-state index contributed by atoms with van der Waals surface area (Å²) in [6, 6.07) is 3.47. The van der Waals surface area contributed by atoms with E-state index in [0.29, 0.717) is 31.1 Å². The van der Waals surface area contributed by atoms with Crippen molar-refractivity contribution in [3.8, 4) is 17.2 Å². The van der Waals surface area contributed by atoms with Crippen LogP contribution in [0, 0.1) is 0 Å². The molecular weight excluding hydrogens is 272 g/mol. The average molecular weight is 296 g/mol. The number of rotatable bonds is 8. The quantitative estimate of drug-likeness (QED) is 0.758. The Hall–Kier alpha value is -1.95. The fourth-order valence-electron chi connectivity index (χ4n) is 1.97. The number of amides is 1. The number of methoxy groups -OCH3 is 2. The number of phenolic OH excluding ortho intramolecular Hbond substituents is 1. The average Bonchev–Trinajstić information content (AvgIpc) is 2.46. The number of nitrogens with one attached hydrogen (secondary N) is 1. The zero-order valence-corrected chi connectivity index (χ0v) is 13.1. The molecule has 1 amide bonds. The van der Waals surface area contributed by atoms with Crippen LogP contribution < -0.4 is 14.8 Å². The molecule has 0 heterocycles. The van der Waals surface area contributed by atoms with E-state index in [1.807, 2.05) is 18.9 Å². The lowest BCUT2D eigenvalue weighted by molar-refractivity contribution is -0.122. The van der Waals surface area contributed by atoms with Gasteiger partial charge in [0.05, 0.1) is 20.8 Å². The molecule has 1 rings (SSSR count). The van der Waals surface area contributed by atoms with Crippen LogP contribution in [0.25, 0.3) is 0 Å². The van der Waals surface area contributed by atoms with Crippen LogP contribution in [-0.4, -0.2) is 50.3 Å². The molecule has 2 N–H and O–H groups in total. The van der Waals surface area contributed by atoms with E-state index >= 15 is 0 Å². The van der Waals surface area contributed by atoms with Gasteiger partial charge in [0.25, 0.3) is 0 Å². The number of carbonyl (C=O) groups is 1. The van der Waals surface area contributed by atoms with Crippen molar-refractivity contribution in [3.63, 3.8) is 0 Å². The van der Waals surface area contributed by atoms with Gasteiger partial charge in [-0.05, 0) is 31.2 Å². The van der Waals surface area contributed by atoms with E-state index in [9.17, 15) is 9.90 Å². The van der Waals surface area contributed by atoms with Gasteiger partial charge in [-0.1, -0.05) is 6.92 Å². The maximum atomic E-state index is 11.7. The zero-order valence-electron chi connectivity index (χ0n) is 13.1. The summed E-state index contributed by atoms with van der Waals surface area (Å²) < 4.78 is 10.2. The molecule has 1 aromatic rings. The lowest BCUT2D eigenvalue weighted by Crippen LogP contribution is -2.35. The molecule has 0 fully saturated rings. The van der Waals surface area contributed by atoms with Gasteiger partial charge in [-0.2, -0.15) is 0 Å². The molecule has 0 aliphatic rings. The van der Waals surface area contributed by atoms with Gasteiger partial charge in [0.1, 0.15) is 0 Å². The molecule has 1 aromatic carbocycles. The maximum Gasteiger partial charge on any atom is 0.234 e. The molecular formula is C15H24N2O4. The van der Waals surface area contributed by atoms with Crippen LogP contribution in [0.4, 0.5) is 0 Å². The van der Waals surface area contributed by atoms with Crippen LogP contribution >= 0.6 is 0 Å². The summed E-state index contributed by atoms with van der Waals surface area (Å²) in [7, 11) is 4.83. The first-order valence-electron chi connectivity index (χ1n) is 6.90. The number of carbonyl (C=O) groups excluding carboxylic acids is 1. The van der Waals surface area contributed by atoms with Gasteiger partial charge in [-0.25, -0.2) is 0 Å². The number of hydrogen-bond acceptors (Lipinski definition) is 5. The largest absolute Gasteiger partial charge is 0.502 e. The molecule has 6 nitrogen and oxygen atoms in total. The van der Waals surface area contributed by atoms with Crippen molar-refractivity contribution < 1.29 is 19.4 Å². The Kier molecular flexibility index (Phi) is 6.81. The fraction of sp³-hybridized carbons (Fsp3) is 0.533. The van der Waals surface area contributed by atoms with E-state index in [4.69, 9.17) is 9.47 Å². The van der Waals surface area contributed by atoms with Crippen molar-refractivity contribution in [2.24, 2.45) is 0 Å². The van der Waals surface area contributed by atoms with Gasteiger partial charge in [0, 0.05) is 13.1 Å². The Morgan fingerprint density at radius 2 is 1.86 bits per heavy atom. The van der Waals surface area contributed by atoms with E-state index < -0.39 is 0 Å². The van der Waals surface area contributed by atoms with Crippen molar-refractivity contribution in [2.45, 2.75) is 19.9 Å². The fourth-order valence-corrected chi connectivity index (χ4v) is 1.97. The minimum absolute atomic E-state index is 0.00272. The third-order valence-electron chi connectivity index (χ3n) is 2.98. The Morgan fingerprint density at radius 3 is 2.33 bits per heavy atom. The number of likely N-dealkylation sites (N-methyl/N-ethyl adjacent to an activating group) is 1. The standard InChI is InChI=1S/C15H24N2O4/c1-5-6-16-14(18)10-17(2)9-11-7-12(20-3)15(19)13(8-11)21-4/h7-8,19H,5-6,9-10H2,1-4H3,(H,16,18). The van der Waals surface area contributed by atoms with Gasteiger partial charge in [0.2, 0.25) is 11.7 Å². The highest BCUT2D eigenvalue weighted by atomic mass is 16.5. The Morgan fingerprint density at radius 1 is 1.29 bits per heavy atom. The maximum absolute atomic E-state index is 11.7. The van der Waals surface area contributed by atoms with Crippen molar-refractivity contribution in [1.82, 2.24) is 10.2 Å². The topological polar surface area (TPSA) is 71.0 Å². The summed E-state index contributed by atoms with van der Waals surface area (Å²) in [6.45, 7) is 3.56. The molecule has 0 radical (unpaired) electrons. The minimum Gasteiger partial charge on any atom is -0.502 e. The van der Waals surface area contributed by atoms with E-state index in [1.165, 1.54) is 14.2 Å². The van der Waals surface area contributed by atoms with Gasteiger partial charge >= 0.3 is 0 Å². The zero-order chi connectivity index (χ0) is 15.8. The Balaban J connectivity index is 2.71. The second-order valence-corrected chi connectivity index (χ2v) is 4.87. The monoisotopic (exact) mass is 296 g/mol. The minimum atomic E-state index is -0.0212. The van der Waals surface area contributed by atoms with Crippen molar-refractivity contribution in [2.75, 3.05) is 34.4 Å². The van der Waals surface area contributed by atoms with E-state index in [1.54, 1.807) is 12.1 Å². The smallest absolute Gasteiger partial charge is 0.234 e. The first-order chi connectivity index (χ1) is 10.0. The molecule has 6 heteroatoms. The molecule has 21 heavy (non-hydrogen) atoms. The lowest BCUT2D eigenvalue weighted by atomic mass is 10.1. The first-order valence-corrected chi connectivity index (χ1v) is 6.90. The van der Waals surface area contributed by atoms with Gasteiger partial charge in [-0.15, -0.1) is 0 Å². The van der Waals surface area contributed by atoms with Crippen LogP contribution in [0.5, 0.6) is 17.2 Å². The number of benzene rings is 1. The molecule has 0 saturated carbocycles. The second kappa shape index (κ2) is 8.36. The van der Waals surface area contributed by atoms with Crippen LogP contribution in [0.15, 0.2) is 12.1 Å². The van der Waals surface area contributed by atoms with Gasteiger partial charge < -0.3 is 19.9 Å². The Labute approximate surface area is 125 Å². The summed E-state index contributed by atoms with van der Waals surface area (Å²) in [6.07, 6.45) is 0.918. The molecule has 0 aliphatic heterocycles. The highest BCUT2D eigenvalue weighted by Crippen LogP contribution is 2.37. The van der Waals surface area contributed by atoms with Crippen molar-refractivity contribution in [1.29, 1.82) is 0 Å². The summed E-state index contributed by atoms with van der Waals surface area (Å²) in [4.78, 5) is 13.5. The van der Waals surface area contributed by atoms with Crippen LogP contribution in [-0.2, 0) is 11.3 Å². The highest BCUT2D eigenvalue weighted by molar-refractivity contribution is 5.77. The second-order valence-electron chi connectivity index (χ2n) is 4.87. The Bertz CT molecular complexity index is 452. The van der Waals surface area contributed by atoms with E-state index in [0.717, 1.165) is 12.0 Å². The number of ether oxygens (including phenoxy) is 2. The number of nitrogens with zero attached hydrogens (tertiary/aromatic N) is 1. The molecule has 0 unspecified atom stereocenters. The SMILES string of the molecule is CCCNC(=O)CN(C)Cc1cc(OC)c(O)c(OC)c1. The predicted molar refractivity (Wildman–Crippen MR) is 80.8 cm³/mol. The van der Waals surface area contributed by atoms with E-state index in [2.05, 4.69) is 5.32 Å². The molecule has 0 aliphatic carbocycles. The molecule has 0 spiro atoms. The summed E-state index contributed by atoms with van der Waals surface area (Å²) in [5.41, 5.74) is 0.896. The molecule has 118 valence electrons. The van der Waals surface area contributed by atoms with Crippen LogP contribution in [0.1, 0.15) is 18.9 Å². The number of hydrogen-bond donors (Lipinski definition) is 2. The molecule has 0 aromatic heterocycles. The summed E-state index contributed by atoms with van der Waals surface area (Å²) in [5.74, 6) is 0.686. The van der Waals surface area contributed by atoms with Crippen LogP contribution in [0.2, 0.25) is 0 Å². The van der Waals surface area contributed by atoms with Crippen molar-refractivity contribution in [3.05, 3.63) is 17.7 Å². The molecule has 0 bridgehead atoms. The number of phenols is 1. The van der Waals surface area contributed by atoms with Gasteiger partial charge in [-0.3, -0.25) is 9.69 Å². The summed E-state index contributed by atoms with van der Waals surface area (Å²) in [5, 5.41) is 12.7. The first kappa shape index (κ1) is 17.1. The lowest BCUT2D eigenvalue weighted by Gasteiger charge is -2.18. The number of aromatic hydroxyl groups is 1. The highest BCUT2D eigenvalue weighted by Gasteiger charge is 2.13. The van der Waals surface area contributed by atoms with Gasteiger partial charge in [0.15, 0.2) is 11.5 Å². The molecule has 0 atom stereocenters. The normalized spacial score (nSPS) is 10.5. The third kappa shape index (κ3) is 5.15. The van der Waals surface area contributed by atoms with E-state index in [-0.39, 0.29) is 11.7 Å². The third-order valence-corrected chi connectivity index (χ3v) is 2.98. The summed E-state index contributed by atoms with van der Waals surface area (Å²) >= 11 is 0. The van der Waals surface area contributed by atoms with Crippen LogP contribution in [0.3, 0.4) is 0 Å². The predicted octanol–water partition coefficient (Wildman–Crippen LogP) is 1.37. The molecule has 0 saturated heterocycles.